The highest BCUT2D eigenvalue weighted by atomic mass is 16.2. The monoisotopic (exact) mass is 127 g/mol. The first-order valence-electron chi connectivity index (χ1n) is 2.29. The van der Waals surface area contributed by atoms with E-state index in [0.29, 0.717) is 0 Å². The quantitative estimate of drug-likeness (QED) is 0.263. The van der Waals surface area contributed by atoms with Crippen LogP contribution in [0.3, 0.4) is 0 Å². The van der Waals surface area contributed by atoms with Crippen LogP contribution in [0.1, 0.15) is 0 Å². The van der Waals surface area contributed by atoms with Crippen molar-refractivity contribution in [1.82, 2.24) is 5.43 Å². The summed E-state index contributed by atoms with van der Waals surface area (Å²) in [6, 6.07) is 0. The third kappa shape index (κ3) is 1.08. The van der Waals surface area contributed by atoms with Gasteiger partial charge in [-0.3, -0.25) is 10.2 Å². The summed E-state index contributed by atoms with van der Waals surface area (Å²) in [5, 5.41) is 10.1. The highest BCUT2D eigenvalue weighted by Gasteiger charge is 2.11. The molecule has 1 aliphatic rings. The Labute approximate surface area is 50.8 Å². The molecule has 6 nitrogen and oxygen atoms in total. The molecule has 0 aromatic heterocycles. The van der Waals surface area contributed by atoms with E-state index in [9.17, 15) is 4.79 Å². The Bertz CT molecular complexity index is 183. The maximum absolute atomic E-state index is 10.5. The molecule has 1 heterocycles. The number of carbonyl (C=O) groups excluding carboxylic acids is 1. The predicted octanol–water partition coefficient (Wildman–Crippen LogP) is -1.20. The number of nitrogens with zero attached hydrogens (tertiary/aromatic N) is 3. The molecule has 0 saturated carbocycles. The van der Waals surface area contributed by atoms with Gasteiger partial charge in [-0.2, -0.15) is 5.11 Å². The van der Waals surface area contributed by atoms with Crippen LogP contribution in [0, 0.1) is 0 Å². The minimum Gasteiger partial charge on any atom is -0.289 e. The van der Waals surface area contributed by atoms with Crippen molar-refractivity contribution in [3.63, 3.8) is 0 Å². The Balaban J connectivity index is 2.55. The van der Waals surface area contributed by atoms with Crippen LogP contribution in [0.4, 0.5) is 0 Å². The van der Waals surface area contributed by atoms with Crippen LogP contribution in [-0.4, -0.2) is 18.2 Å². The fourth-order valence-corrected chi connectivity index (χ4v) is 0.416. The molecule has 3 N–H and O–H groups in total. The van der Waals surface area contributed by atoms with E-state index in [2.05, 4.69) is 15.4 Å². The van der Waals surface area contributed by atoms with Crippen molar-refractivity contribution >= 4 is 11.6 Å². The van der Waals surface area contributed by atoms with Gasteiger partial charge in [0.25, 0.3) is 5.91 Å². The van der Waals surface area contributed by atoms with Crippen LogP contribution in [0.5, 0.6) is 0 Å². The Morgan fingerprint density at radius 1 is 1.78 bits per heavy atom. The fraction of sp³-hybridized carbons (Fsp3) is 0.333. The molecular formula is C3H5N5O. The van der Waals surface area contributed by atoms with Crippen molar-refractivity contribution in [2.24, 2.45) is 21.3 Å². The van der Waals surface area contributed by atoms with E-state index >= 15 is 0 Å². The molecule has 0 bridgehead atoms. The van der Waals surface area contributed by atoms with Crippen molar-refractivity contribution in [3.05, 3.63) is 0 Å². The van der Waals surface area contributed by atoms with E-state index in [0.717, 1.165) is 0 Å². The minimum atomic E-state index is -0.431. The Hall–Kier alpha value is -1.30. The van der Waals surface area contributed by atoms with Crippen LogP contribution in [0.15, 0.2) is 15.4 Å². The summed E-state index contributed by atoms with van der Waals surface area (Å²) in [5.41, 5.74) is 2.16. The Morgan fingerprint density at radius 2 is 2.56 bits per heavy atom. The van der Waals surface area contributed by atoms with Crippen LogP contribution in [0.25, 0.3) is 0 Å². The second-order valence-corrected chi connectivity index (χ2v) is 1.41. The maximum atomic E-state index is 10.5. The van der Waals surface area contributed by atoms with Gasteiger partial charge in [-0.15, -0.1) is 5.10 Å². The number of nitrogens with two attached hydrogens (primary N) is 1. The van der Waals surface area contributed by atoms with E-state index in [1.807, 2.05) is 5.43 Å². The van der Waals surface area contributed by atoms with Crippen molar-refractivity contribution in [2.45, 2.75) is 0 Å². The van der Waals surface area contributed by atoms with E-state index in [1.54, 1.807) is 0 Å². The molecule has 0 atom stereocenters. The average Bonchev–Trinajstić information content (AvgIpc) is 2.37. The van der Waals surface area contributed by atoms with Gasteiger partial charge in [-0.05, 0) is 5.22 Å². The Morgan fingerprint density at radius 3 is 3.00 bits per heavy atom. The van der Waals surface area contributed by atoms with Gasteiger partial charge >= 0.3 is 0 Å². The van der Waals surface area contributed by atoms with Gasteiger partial charge in [0, 0.05) is 0 Å². The van der Waals surface area contributed by atoms with Crippen molar-refractivity contribution in [2.75, 3.05) is 6.54 Å². The molecule has 0 aromatic rings. The topological polar surface area (TPSA) is 92.2 Å². The molecule has 48 valence electrons. The van der Waals surface area contributed by atoms with E-state index in [1.165, 1.54) is 0 Å². The van der Waals surface area contributed by atoms with Crippen LogP contribution in [-0.2, 0) is 4.79 Å². The van der Waals surface area contributed by atoms with E-state index in [-0.39, 0.29) is 12.3 Å². The van der Waals surface area contributed by atoms with Crippen LogP contribution < -0.4 is 11.3 Å². The van der Waals surface area contributed by atoms with Crippen molar-refractivity contribution in [3.8, 4) is 0 Å². The van der Waals surface area contributed by atoms with Gasteiger partial charge in [0.2, 0.25) is 0 Å². The number of hydrogen-bond acceptors (Lipinski definition) is 5. The molecule has 1 aliphatic heterocycles. The average molecular weight is 127 g/mol. The molecule has 0 fully saturated rings. The molecule has 1 amide bonds. The van der Waals surface area contributed by atoms with Crippen LogP contribution in [0.2, 0.25) is 0 Å². The first kappa shape index (κ1) is 5.83. The lowest BCUT2D eigenvalue weighted by molar-refractivity contribution is -0.114. The summed E-state index contributed by atoms with van der Waals surface area (Å²) in [6.07, 6.45) is 0. The van der Waals surface area contributed by atoms with Crippen LogP contribution >= 0.6 is 0 Å². The zero-order chi connectivity index (χ0) is 6.69. The van der Waals surface area contributed by atoms with E-state index in [4.69, 9.17) is 5.84 Å². The first-order chi connectivity index (χ1) is 4.34. The molecule has 0 aromatic carbocycles. The second kappa shape index (κ2) is 2.31. The molecule has 0 spiro atoms. The summed E-state index contributed by atoms with van der Waals surface area (Å²) in [7, 11) is 0. The molecule has 9 heavy (non-hydrogen) atoms. The summed E-state index contributed by atoms with van der Waals surface area (Å²) >= 11 is 0. The van der Waals surface area contributed by atoms with Gasteiger partial charge in [0.15, 0.2) is 5.71 Å². The summed E-state index contributed by atoms with van der Waals surface area (Å²) in [6.45, 7) is 0.225. The van der Waals surface area contributed by atoms with Gasteiger partial charge < -0.3 is 0 Å². The lowest BCUT2D eigenvalue weighted by Gasteiger charge is -1.91. The number of hydrogen-bond donors (Lipinski definition) is 2. The summed E-state index contributed by atoms with van der Waals surface area (Å²) in [5.74, 6) is 4.36. The highest BCUT2D eigenvalue weighted by Crippen LogP contribution is 1.92. The lowest BCUT2D eigenvalue weighted by Crippen LogP contribution is -2.36. The summed E-state index contributed by atoms with van der Waals surface area (Å²) in [4.78, 5) is 10.5. The van der Waals surface area contributed by atoms with Gasteiger partial charge in [0.05, 0.1) is 0 Å². The number of amides is 1. The minimum absolute atomic E-state index is 0.225. The van der Waals surface area contributed by atoms with Gasteiger partial charge in [-0.25, -0.2) is 5.84 Å². The molecule has 1 rings (SSSR count). The maximum Gasteiger partial charge on any atom is 0.283 e. The Kier molecular flexibility index (Phi) is 1.50. The molecule has 6 heteroatoms. The smallest absolute Gasteiger partial charge is 0.283 e. The SMILES string of the molecule is NNC(=O)C1=NN=NC1. The molecule has 0 aliphatic carbocycles. The van der Waals surface area contributed by atoms with Gasteiger partial charge in [-0.1, -0.05) is 0 Å². The molecule has 0 radical (unpaired) electrons. The largest absolute Gasteiger partial charge is 0.289 e. The normalized spacial score (nSPS) is 15.4. The standard InChI is InChI=1S/C3H5N5O/c4-6-3(9)2-1-5-8-7-2/h1,4H2,(H,6,9). The zero-order valence-electron chi connectivity index (χ0n) is 4.53. The number of rotatable bonds is 1. The molecule has 0 unspecified atom stereocenters. The molecule has 0 saturated heterocycles. The number of carbonyl (C=O) groups is 1. The number of nitrogens with one attached hydrogen (secondary N) is 1. The second-order valence-electron chi connectivity index (χ2n) is 1.41. The summed E-state index contributed by atoms with van der Waals surface area (Å²) < 4.78 is 0. The van der Waals surface area contributed by atoms with Crippen molar-refractivity contribution < 1.29 is 4.79 Å². The highest BCUT2D eigenvalue weighted by molar-refractivity contribution is 6.39. The number of hydrazine groups is 1. The third-order valence-corrected chi connectivity index (χ3v) is 0.842. The third-order valence-electron chi connectivity index (χ3n) is 0.842. The lowest BCUT2D eigenvalue weighted by atomic mass is 10.4. The predicted molar refractivity (Wildman–Crippen MR) is 29.5 cm³/mol. The van der Waals surface area contributed by atoms with E-state index < -0.39 is 5.91 Å². The fourth-order valence-electron chi connectivity index (χ4n) is 0.416. The zero-order valence-corrected chi connectivity index (χ0v) is 4.53. The first-order valence-corrected chi connectivity index (χ1v) is 2.29. The van der Waals surface area contributed by atoms with Crippen molar-refractivity contribution in [1.29, 1.82) is 0 Å². The van der Waals surface area contributed by atoms with Gasteiger partial charge in [0.1, 0.15) is 6.54 Å². The molecular weight excluding hydrogens is 122 g/mol.